The summed E-state index contributed by atoms with van der Waals surface area (Å²) in [6, 6.07) is 10.5. The molecule has 0 heterocycles. The fraction of sp³-hybridized carbons (Fsp3) is 0.222. The molecule has 5 nitrogen and oxygen atoms in total. The Balaban J connectivity index is 2.23. The van der Waals surface area contributed by atoms with Crippen LogP contribution in [0.1, 0.15) is 34.6 Å². The maximum atomic E-state index is 13.7. The van der Waals surface area contributed by atoms with E-state index in [-0.39, 0.29) is 23.3 Å². The predicted molar refractivity (Wildman–Crippen MR) is 89.9 cm³/mol. The van der Waals surface area contributed by atoms with Crippen molar-refractivity contribution in [2.75, 3.05) is 12.4 Å². The van der Waals surface area contributed by atoms with Gasteiger partial charge in [0.25, 0.3) is 11.8 Å². The van der Waals surface area contributed by atoms with Crippen LogP contribution in [0.25, 0.3) is 0 Å². The summed E-state index contributed by atoms with van der Waals surface area (Å²) in [6.07, 6.45) is 0. The molecule has 0 unspecified atom stereocenters. The topological polar surface area (TPSA) is 67.4 Å². The largest absolute Gasteiger partial charge is 0.494 e. The van der Waals surface area contributed by atoms with E-state index < -0.39 is 11.7 Å². The number of carbonyl (C=O) groups excluding carboxylic acids is 2. The van der Waals surface area contributed by atoms with Gasteiger partial charge in [0, 0.05) is 11.6 Å². The van der Waals surface area contributed by atoms with Gasteiger partial charge in [-0.2, -0.15) is 0 Å². The summed E-state index contributed by atoms with van der Waals surface area (Å²) in [5.74, 6) is -1.37. The third-order valence-corrected chi connectivity index (χ3v) is 3.25. The van der Waals surface area contributed by atoms with Gasteiger partial charge in [-0.1, -0.05) is 12.1 Å². The number of hydrogen-bond donors (Lipinski definition) is 2. The molecule has 0 aliphatic rings. The van der Waals surface area contributed by atoms with Gasteiger partial charge >= 0.3 is 0 Å². The lowest BCUT2D eigenvalue weighted by atomic mass is 10.1. The van der Waals surface area contributed by atoms with E-state index in [1.54, 1.807) is 24.3 Å². The molecule has 2 N–H and O–H groups in total. The third-order valence-electron chi connectivity index (χ3n) is 3.25. The quantitative estimate of drug-likeness (QED) is 0.884. The fourth-order valence-corrected chi connectivity index (χ4v) is 2.13. The van der Waals surface area contributed by atoms with Crippen LogP contribution >= 0.6 is 0 Å². The van der Waals surface area contributed by atoms with E-state index in [2.05, 4.69) is 10.6 Å². The Bertz CT molecular complexity index is 760. The minimum Gasteiger partial charge on any atom is -0.494 e. The van der Waals surface area contributed by atoms with Crippen molar-refractivity contribution in [3.63, 3.8) is 0 Å². The zero-order valence-electron chi connectivity index (χ0n) is 13.7. The van der Waals surface area contributed by atoms with Gasteiger partial charge in [0.05, 0.1) is 18.4 Å². The van der Waals surface area contributed by atoms with E-state index in [4.69, 9.17) is 4.74 Å². The molecule has 24 heavy (non-hydrogen) atoms. The number of halogens is 1. The number of nitrogens with one attached hydrogen (secondary N) is 2. The smallest absolute Gasteiger partial charge is 0.255 e. The average molecular weight is 330 g/mol. The number of anilines is 1. The lowest BCUT2D eigenvalue weighted by molar-refractivity contribution is 0.0944. The maximum absolute atomic E-state index is 13.7. The van der Waals surface area contributed by atoms with E-state index in [9.17, 15) is 14.0 Å². The highest BCUT2D eigenvalue weighted by molar-refractivity contribution is 6.09. The molecule has 0 atom stereocenters. The summed E-state index contributed by atoms with van der Waals surface area (Å²) in [5.41, 5.74) is 0.831. The Morgan fingerprint density at radius 2 is 1.79 bits per heavy atom. The Kier molecular flexibility index (Phi) is 5.52. The summed E-state index contributed by atoms with van der Waals surface area (Å²) in [4.78, 5) is 24.5. The normalized spacial score (nSPS) is 10.4. The molecule has 0 spiro atoms. The lowest BCUT2D eigenvalue weighted by Gasteiger charge is -2.13. The van der Waals surface area contributed by atoms with Gasteiger partial charge < -0.3 is 15.4 Å². The first-order chi connectivity index (χ1) is 11.4. The molecule has 126 valence electrons. The number of carbonyl (C=O) groups is 2. The van der Waals surface area contributed by atoms with E-state index in [1.807, 2.05) is 13.8 Å². The van der Waals surface area contributed by atoms with Crippen LogP contribution in [0.2, 0.25) is 0 Å². The van der Waals surface area contributed by atoms with E-state index in [0.717, 1.165) is 6.07 Å². The molecule has 0 saturated carbocycles. The SMILES string of the molecule is COc1ccc(C(=O)Nc2ccccc2C(=O)NC(C)C)cc1F. The van der Waals surface area contributed by atoms with Crippen LogP contribution in [0.15, 0.2) is 42.5 Å². The molecule has 2 amide bonds. The van der Waals surface area contributed by atoms with Gasteiger partial charge in [-0.3, -0.25) is 9.59 Å². The van der Waals surface area contributed by atoms with Gasteiger partial charge in [0.1, 0.15) is 0 Å². The van der Waals surface area contributed by atoms with Crippen molar-refractivity contribution < 1.29 is 18.7 Å². The number of hydrogen-bond acceptors (Lipinski definition) is 3. The molecule has 0 aliphatic carbocycles. The molecular weight excluding hydrogens is 311 g/mol. The number of amides is 2. The van der Waals surface area contributed by atoms with Crippen LogP contribution in [0.3, 0.4) is 0 Å². The second-order valence-electron chi connectivity index (χ2n) is 5.48. The average Bonchev–Trinajstić information content (AvgIpc) is 2.54. The van der Waals surface area contributed by atoms with Crippen molar-refractivity contribution in [2.24, 2.45) is 0 Å². The van der Waals surface area contributed by atoms with Crippen molar-refractivity contribution in [3.8, 4) is 5.75 Å². The first kappa shape index (κ1) is 17.5. The van der Waals surface area contributed by atoms with E-state index in [0.29, 0.717) is 11.3 Å². The van der Waals surface area contributed by atoms with Crippen LogP contribution < -0.4 is 15.4 Å². The van der Waals surface area contributed by atoms with Gasteiger partial charge in [-0.15, -0.1) is 0 Å². The van der Waals surface area contributed by atoms with Gasteiger partial charge in [-0.05, 0) is 44.2 Å². The molecule has 6 heteroatoms. The number of rotatable bonds is 5. The van der Waals surface area contributed by atoms with Crippen molar-refractivity contribution in [3.05, 3.63) is 59.4 Å². The molecule has 0 bridgehead atoms. The second-order valence-corrected chi connectivity index (χ2v) is 5.48. The van der Waals surface area contributed by atoms with Crippen molar-refractivity contribution >= 4 is 17.5 Å². The minimum atomic E-state index is -0.629. The molecule has 0 fully saturated rings. The highest BCUT2D eigenvalue weighted by atomic mass is 19.1. The summed E-state index contributed by atoms with van der Waals surface area (Å²) >= 11 is 0. The first-order valence-electron chi connectivity index (χ1n) is 7.47. The van der Waals surface area contributed by atoms with Gasteiger partial charge in [-0.25, -0.2) is 4.39 Å². The van der Waals surface area contributed by atoms with Crippen LogP contribution in [0.5, 0.6) is 5.75 Å². The zero-order valence-corrected chi connectivity index (χ0v) is 13.7. The van der Waals surface area contributed by atoms with Crippen molar-refractivity contribution in [2.45, 2.75) is 19.9 Å². The molecule has 0 aliphatic heterocycles. The predicted octanol–water partition coefficient (Wildman–Crippen LogP) is 3.22. The monoisotopic (exact) mass is 330 g/mol. The molecule has 2 rings (SSSR count). The minimum absolute atomic E-state index is 0.0306. The Hall–Kier alpha value is -2.89. The highest BCUT2D eigenvalue weighted by Gasteiger charge is 2.15. The fourth-order valence-electron chi connectivity index (χ4n) is 2.13. The Labute approximate surface area is 139 Å². The molecule has 0 aromatic heterocycles. The van der Waals surface area contributed by atoms with Crippen molar-refractivity contribution in [1.29, 1.82) is 0 Å². The molecule has 2 aromatic rings. The number of methoxy groups -OCH3 is 1. The van der Waals surface area contributed by atoms with E-state index >= 15 is 0 Å². The number of ether oxygens (including phenoxy) is 1. The van der Waals surface area contributed by atoms with Crippen LogP contribution in [-0.4, -0.2) is 25.0 Å². The maximum Gasteiger partial charge on any atom is 0.255 e. The summed E-state index contributed by atoms with van der Waals surface area (Å²) in [6.45, 7) is 3.69. The molecule has 2 aromatic carbocycles. The number of para-hydroxylation sites is 1. The summed E-state index contributed by atoms with van der Waals surface area (Å²) in [5, 5.41) is 5.41. The Morgan fingerprint density at radius 1 is 1.08 bits per heavy atom. The zero-order chi connectivity index (χ0) is 17.7. The summed E-state index contributed by atoms with van der Waals surface area (Å²) in [7, 11) is 1.35. The molecule has 0 radical (unpaired) electrons. The summed E-state index contributed by atoms with van der Waals surface area (Å²) < 4.78 is 18.6. The first-order valence-corrected chi connectivity index (χ1v) is 7.47. The standard InChI is InChI=1S/C18H19FN2O3/c1-11(2)20-18(23)13-6-4-5-7-15(13)21-17(22)12-8-9-16(24-3)14(19)10-12/h4-11H,1-3H3,(H,20,23)(H,21,22). The van der Waals surface area contributed by atoms with Crippen LogP contribution in [0, 0.1) is 5.82 Å². The van der Waals surface area contributed by atoms with Crippen LogP contribution in [0.4, 0.5) is 10.1 Å². The molecular formula is C18H19FN2O3. The lowest BCUT2D eigenvalue weighted by Crippen LogP contribution is -2.31. The second kappa shape index (κ2) is 7.59. The Morgan fingerprint density at radius 3 is 2.42 bits per heavy atom. The van der Waals surface area contributed by atoms with Crippen molar-refractivity contribution in [1.82, 2.24) is 5.32 Å². The highest BCUT2D eigenvalue weighted by Crippen LogP contribution is 2.20. The number of benzene rings is 2. The van der Waals surface area contributed by atoms with E-state index in [1.165, 1.54) is 19.2 Å². The van der Waals surface area contributed by atoms with Gasteiger partial charge in [0.15, 0.2) is 11.6 Å². The van der Waals surface area contributed by atoms with Crippen LogP contribution in [-0.2, 0) is 0 Å². The van der Waals surface area contributed by atoms with Gasteiger partial charge in [0.2, 0.25) is 0 Å². The third kappa shape index (κ3) is 4.10. The molecule has 0 saturated heterocycles.